The molecule has 0 aromatic heterocycles. The van der Waals surface area contributed by atoms with Gasteiger partial charge in [0, 0.05) is 0 Å². The third-order valence-electron chi connectivity index (χ3n) is 3.05. The summed E-state index contributed by atoms with van der Waals surface area (Å²) < 4.78 is 67.1. The molecule has 10 heteroatoms. The van der Waals surface area contributed by atoms with Crippen LogP contribution < -0.4 is 5.14 Å². The maximum absolute atomic E-state index is 13.6. The highest BCUT2D eigenvalue weighted by atomic mass is 32.2. The van der Waals surface area contributed by atoms with E-state index in [2.05, 4.69) is 4.74 Å². The predicted octanol–water partition coefficient (Wildman–Crippen LogP) is 1.79. The molecule has 25 heavy (non-hydrogen) atoms. The molecule has 0 saturated carbocycles. The van der Waals surface area contributed by atoms with E-state index in [1.165, 1.54) is 0 Å². The van der Waals surface area contributed by atoms with Crippen LogP contribution in [0.2, 0.25) is 0 Å². The normalized spacial score (nSPS) is 11.2. The van der Waals surface area contributed by atoms with E-state index < -0.39 is 61.9 Å². The van der Waals surface area contributed by atoms with Gasteiger partial charge in [0.2, 0.25) is 15.8 Å². The highest BCUT2D eigenvalue weighted by Crippen LogP contribution is 2.16. The summed E-state index contributed by atoms with van der Waals surface area (Å²) in [5, 5.41) is 4.87. The van der Waals surface area contributed by atoms with Crippen molar-refractivity contribution in [3.8, 4) is 0 Å². The number of primary sulfonamides is 1. The van der Waals surface area contributed by atoms with E-state index in [0.29, 0.717) is 18.2 Å². The van der Waals surface area contributed by atoms with Crippen LogP contribution in [0.4, 0.5) is 13.2 Å². The predicted molar refractivity (Wildman–Crippen MR) is 78.7 cm³/mol. The van der Waals surface area contributed by atoms with Crippen LogP contribution in [0.15, 0.2) is 41.3 Å². The molecule has 0 spiro atoms. The Morgan fingerprint density at radius 1 is 0.960 bits per heavy atom. The van der Waals surface area contributed by atoms with Crippen LogP contribution in [0, 0.1) is 17.5 Å². The van der Waals surface area contributed by atoms with E-state index >= 15 is 0 Å². The van der Waals surface area contributed by atoms with Gasteiger partial charge in [-0.25, -0.2) is 31.5 Å². The van der Waals surface area contributed by atoms with Gasteiger partial charge in [0.25, 0.3) is 0 Å². The number of nitrogens with two attached hydrogens (primary N) is 1. The number of ketones is 1. The number of esters is 1. The van der Waals surface area contributed by atoms with Crippen LogP contribution in [0.25, 0.3) is 0 Å². The SMILES string of the molecule is NS(=O)(=O)c1ccc(F)c(C(=O)OCC(=O)c2cc(F)ccc2F)c1. The first-order valence-corrected chi connectivity index (χ1v) is 8.12. The zero-order valence-corrected chi connectivity index (χ0v) is 13.1. The number of carbonyl (C=O) groups is 2. The molecule has 2 rings (SSSR count). The summed E-state index contributed by atoms with van der Waals surface area (Å²) in [5.74, 6) is -5.43. The minimum absolute atomic E-state index is 0.539. The molecule has 0 amide bonds. The van der Waals surface area contributed by atoms with Crippen molar-refractivity contribution in [1.82, 2.24) is 0 Å². The monoisotopic (exact) mass is 373 g/mol. The summed E-state index contributed by atoms with van der Waals surface area (Å²) in [6.07, 6.45) is 0. The zero-order valence-electron chi connectivity index (χ0n) is 12.3. The van der Waals surface area contributed by atoms with Crippen molar-refractivity contribution in [1.29, 1.82) is 0 Å². The topological polar surface area (TPSA) is 104 Å². The fourth-order valence-corrected chi connectivity index (χ4v) is 2.38. The van der Waals surface area contributed by atoms with Crippen molar-refractivity contribution in [2.24, 2.45) is 5.14 Å². The van der Waals surface area contributed by atoms with Gasteiger partial charge in [-0.05, 0) is 36.4 Å². The Kier molecular flexibility index (Phi) is 5.24. The number of benzene rings is 2. The fraction of sp³-hybridized carbons (Fsp3) is 0.0667. The van der Waals surface area contributed by atoms with Crippen molar-refractivity contribution in [2.75, 3.05) is 6.61 Å². The van der Waals surface area contributed by atoms with E-state index in [1.807, 2.05) is 0 Å². The summed E-state index contributed by atoms with van der Waals surface area (Å²) >= 11 is 0. The molecule has 6 nitrogen and oxygen atoms in total. The number of halogens is 3. The zero-order chi connectivity index (χ0) is 18.8. The number of hydrogen-bond donors (Lipinski definition) is 1. The van der Waals surface area contributed by atoms with Crippen LogP contribution in [-0.4, -0.2) is 26.8 Å². The highest BCUT2D eigenvalue weighted by Gasteiger charge is 2.20. The van der Waals surface area contributed by atoms with Gasteiger partial charge in [-0.1, -0.05) is 0 Å². The molecule has 0 radical (unpaired) electrons. The Labute approximate surface area is 140 Å². The largest absolute Gasteiger partial charge is 0.454 e. The standard InChI is InChI=1S/C15H10F3NO5S/c16-8-1-3-12(17)10(5-8)14(20)7-24-15(21)11-6-9(25(19,22)23)2-4-13(11)18/h1-6H,7H2,(H2,19,22,23). The first-order chi connectivity index (χ1) is 11.6. The van der Waals surface area contributed by atoms with Gasteiger partial charge in [0.1, 0.15) is 17.5 Å². The Balaban J connectivity index is 2.18. The number of ether oxygens (including phenoxy) is 1. The van der Waals surface area contributed by atoms with Gasteiger partial charge in [-0.2, -0.15) is 0 Å². The number of hydrogen-bond acceptors (Lipinski definition) is 5. The number of rotatable bonds is 5. The molecule has 0 unspecified atom stereocenters. The van der Waals surface area contributed by atoms with Crippen molar-refractivity contribution in [3.63, 3.8) is 0 Å². The third kappa shape index (κ3) is 4.43. The van der Waals surface area contributed by atoms with Crippen LogP contribution in [0.1, 0.15) is 20.7 Å². The molecule has 0 aliphatic rings. The molecule has 2 aromatic rings. The molecule has 0 aliphatic carbocycles. The number of sulfonamides is 1. The lowest BCUT2D eigenvalue weighted by Gasteiger charge is -2.07. The quantitative estimate of drug-likeness (QED) is 0.636. The Morgan fingerprint density at radius 3 is 2.20 bits per heavy atom. The first kappa shape index (κ1) is 18.6. The Morgan fingerprint density at radius 2 is 1.56 bits per heavy atom. The van der Waals surface area contributed by atoms with E-state index in [9.17, 15) is 31.2 Å². The summed E-state index contributed by atoms with van der Waals surface area (Å²) in [6, 6.07) is 4.30. The minimum atomic E-state index is -4.19. The maximum atomic E-state index is 13.6. The third-order valence-corrected chi connectivity index (χ3v) is 3.96. The van der Waals surface area contributed by atoms with Gasteiger partial charge in [0.05, 0.1) is 16.0 Å². The van der Waals surface area contributed by atoms with Gasteiger partial charge < -0.3 is 4.74 Å². The van der Waals surface area contributed by atoms with Crippen LogP contribution in [0.3, 0.4) is 0 Å². The van der Waals surface area contributed by atoms with E-state index in [1.54, 1.807) is 0 Å². The van der Waals surface area contributed by atoms with Crippen molar-refractivity contribution < 1.29 is 35.9 Å². The molecule has 0 heterocycles. The molecule has 0 bridgehead atoms. The van der Waals surface area contributed by atoms with Crippen LogP contribution in [-0.2, 0) is 14.8 Å². The Hall–Kier alpha value is -2.72. The smallest absolute Gasteiger partial charge is 0.341 e. The van der Waals surface area contributed by atoms with Crippen molar-refractivity contribution in [3.05, 3.63) is 65.0 Å². The lowest BCUT2D eigenvalue weighted by atomic mass is 10.1. The molecule has 0 aliphatic heterocycles. The first-order valence-electron chi connectivity index (χ1n) is 6.57. The van der Waals surface area contributed by atoms with Crippen molar-refractivity contribution >= 4 is 21.8 Å². The van der Waals surface area contributed by atoms with E-state index in [0.717, 1.165) is 18.2 Å². The molecule has 2 aromatic carbocycles. The molecular formula is C15H10F3NO5S. The lowest BCUT2D eigenvalue weighted by Crippen LogP contribution is -2.18. The lowest BCUT2D eigenvalue weighted by molar-refractivity contribution is 0.0468. The molecular weight excluding hydrogens is 363 g/mol. The second-order valence-electron chi connectivity index (χ2n) is 4.81. The number of Topliss-reactive ketones (excluding diaryl/α,β-unsaturated/α-hetero) is 1. The maximum Gasteiger partial charge on any atom is 0.341 e. The average molecular weight is 373 g/mol. The minimum Gasteiger partial charge on any atom is -0.454 e. The summed E-state index contributed by atoms with van der Waals surface area (Å²) in [4.78, 5) is 23.0. The molecule has 0 saturated heterocycles. The van der Waals surface area contributed by atoms with Crippen molar-refractivity contribution in [2.45, 2.75) is 4.90 Å². The van der Waals surface area contributed by atoms with Gasteiger partial charge in [-0.15, -0.1) is 0 Å². The molecule has 0 fully saturated rings. The molecule has 2 N–H and O–H groups in total. The number of carbonyl (C=O) groups excluding carboxylic acids is 2. The molecule has 132 valence electrons. The second kappa shape index (κ2) is 7.03. The molecule has 0 atom stereocenters. The summed E-state index contributed by atoms with van der Waals surface area (Å²) in [6.45, 7) is -1.00. The summed E-state index contributed by atoms with van der Waals surface area (Å²) in [5.41, 5.74) is -1.43. The van der Waals surface area contributed by atoms with E-state index in [-0.39, 0.29) is 0 Å². The van der Waals surface area contributed by atoms with Gasteiger partial charge in [-0.3, -0.25) is 4.79 Å². The van der Waals surface area contributed by atoms with E-state index in [4.69, 9.17) is 5.14 Å². The summed E-state index contributed by atoms with van der Waals surface area (Å²) in [7, 11) is -4.19. The second-order valence-corrected chi connectivity index (χ2v) is 6.37. The highest BCUT2D eigenvalue weighted by molar-refractivity contribution is 7.89. The fourth-order valence-electron chi connectivity index (χ4n) is 1.84. The van der Waals surface area contributed by atoms with Crippen LogP contribution >= 0.6 is 0 Å². The van der Waals surface area contributed by atoms with Crippen LogP contribution in [0.5, 0.6) is 0 Å². The Bertz CT molecular complexity index is 960. The van der Waals surface area contributed by atoms with Gasteiger partial charge in [0.15, 0.2) is 6.61 Å². The van der Waals surface area contributed by atoms with Gasteiger partial charge >= 0.3 is 5.97 Å². The average Bonchev–Trinajstić information content (AvgIpc) is 2.53.